The summed E-state index contributed by atoms with van der Waals surface area (Å²) in [6, 6.07) is 13.7. The molecular formula is C14H15NO2S. The molecule has 0 bridgehead atoms. The Bertz CT molecular complexity index is 556. The summed E-state index contributed by atoms with van der Waals surface area (Å²) in [6.45, 7) is 0. The van der Waals surface area contributed by atoms with Crippen LogP contribution in [0.15, 0.2) is 47.4 Å². The Morgan fingerprint density at radius 3 is 2.67 bits per heavy atom. The van der Waals surface area contributed by atoms with Crippen molar-refractivity contribution in [2.75, 3.05) is 5.75 Å². The number of fused-ring (bicyclic) bond motifs is 1. The highest BCUT2D eigenvalue weighted by Gasteiger charge is 2.10. The SMILES string of the molecule is NC(CCSc1ccc2ccccc2c1)C(=O)O. The van der Waals surface area contributed by atoms with Crippen LogP contribution in [-0.2, 0) is 4.79 Å². The molecule has 0 aromatic heterocycles. The fourth-order valence-electron chi connectivity index (χ4n) is 1.68. The van der Waals surface area contributed by atoms with E-state index < -0.39 is 12.0 Å². The summed E-state index contributed by atoms with van der Waals surface area (Å²) in [4.78, 5) is 11.7. The van der Waals surface area contributed by atoms with E-state index in [0.29, 0.717) is 12.2 Å². The van der Waals surface area contributed by atoms with Crippen LogP contribution in [0.5, 0.6) is 0 Å². The minimum absolute atomic E-state index is 0.479. The van der Waals surface area contributed by atoms with Gasteiger partial charge in [-0.1, -0.05) is 30.3 Å². The van der Waals surface area contributed by atoms with E-state index in [0.717, 1.165) is 4.90 Å². The predicted molar refractivity (Wildman–Crippen MR) is 74.9 cm³/mol. The van der Waals surface area contributed by atoms with Gasteiger partial charge in [-0.3, -0.25) is 4.79 Å². The van der Waals surface area contributed by atoms with Crippen molar-refractivity contribution in [3.63, 3.8) is 0 Å². The molecule has 18 heavy (non-hydrogen) atoms. The first-order chi connectivity index (χ1) is 8.66. The quantitative estimate of drug-likeness (QED) is 0.812. The van der Waals surface area contributed by atoms with Crippen molar-refractivity contribution in [3.05, 3.63) is 42.5 Å². The lowest BCUT2D eigenvalue weighted by molar-refractivity contribution is -0.138. The summed E-state index contributed by atoms with van der Waals surface area (Å²) >= 11 is 1.64. The second-order valence-electron chi connectivity index (χ2n) is 4.09. The van der Waals surface area contributed by atoms with Crippen LogP contribution in [0.1, 0.15) is 6.42 Å². The normalized spacial score (nSPS) is 12.5. The Hall–Kier alpha value is -1.52. The number of rotatable bonds is 5. The maximum Gasteiger partial charge on any atom is 0.320 e. The summed E-state index contributed by atoms with van der Waals surface area (Å²) in [5.74, 6) is -0.222. The average Bonchev–Trinajstić information content (AvgIpc) is 2.38. The van der Waals surface area contributed by atoms with Crippen LogP contribution in [0, 0.1) is 0 Å². The highest BCUT2D eigenvalue weighted by Crippen LogP contribution is 2.24. The number of carbonyl (C=O) groups is 1. The molecule has 0 saturated heterocycles. The molecule has 1 atom stereocenters. The molecule has 94 valence electrons. The lowest BCUT2D eigenvalue weighted by Gasteiger charge is -2.06. The molecule has 0 aliphatic carbocycles. The van der Waals surface area contributed by atoms with Crippen LogP contribution in [0.3, 0.4) is 0 Å². The smallest absolute Gasteiger partial charge is 0.320 e. The van der Waals surface area contributed by atoms with E-state index in [1.807, 2.05) is 12.1 Å². The molecule has 3 nitrogen and oxygen atoms in total. The van der Waals surface area contributed by atoms with Crippen molar-refractivity contribution in [1.82, 2.24) is 0 Å². The molecule has 0 radical (unpaired) electrons. The Kier molecular flexibility index (Phi) is 4.23. The lowest BCUT2D eigenvalue weighted by atomic mass is 10.1. The van der Waals surface area contributed by atoms with Crippen LogP contribution in [-0.4, -0.2) is 22.9 Å². The fourth-order valence-corrected chi connectivity index (χ4v) is 2.67. The highest BCUT2D eigenvalue weighted by atomic mass is 32.2. The lowest BCUT2D eigenvalue weighted by Crippen LogP contribution is -2.30. The maximum atomic E-state index is 10.6. The molecular weight excluding hydrogens is 246 g/mol. The minimum atomic E-state index is -0.936. The van der Waals surface area contributed by atoms with Crippen LogP contribution >= 0.6 is 11.8 Å². The molecule has 0 amide bonds. The van der Waals surface area contributed by atoms with E-state index in [2.05, 4.69) is 30.3 Å². The molecule has 1 unspecified atom stereocenters. The first kappa shape index (κ1) is 12.9. The molecule has 2 rings (SSSR count). The van der Waals surface area contributed by atoms with Crippen molar-refractivity contribution in [3.8, 4) is 0 Å². The second-order valence-corrected chi connectivity index (χ2v) is 5.26. The van der Waals surface area contributed by atoms with E-state index in [4.69, 9.17) is 10.8 Å². The Morgan fingerprint density at radius 1 is 1.22 bits per heavy atom. The second kappa shape index (κ2) is 5.89. The van der Waals surface area contributed by atoms with Gasteiger partial charge in [0.25, 0.3) is 0 Å². The molecule has 0 heterocycles. The third-order valence-electron chi connectivity index (χ3n) is 2.74. The number of nitrogens with two attached hydrogens (primary N) is 1. The number of aliphatic carboxylic acids is 1. The van der Waals surface area contributed by atoms with Crippen LogP contribution in [0.2, 0.25) is 0 Å². The number of hydrogen-bond donors (Lipinski definition) is 2. The topological polar surface area (TPSA) is 63.3 Å². The number of benzene rings is 2. The summed E-state index contributed by atoms with van der Waals surface area (Å²) in [5.41, 5.74) is 5.46. The van der Waals surface area contributed by atoms with Crippen LogP contribution < -0.4 is 5.73 Å². The van der Waals surface area contributed by atoms with E-state index in [-0.39, 0.29) is 0 Å². The molecule has 0 saturated carbocycles. The van der Waals surface area contributed by atoms with Gasteiger partial charge < -0.3 is 10.8 Å². The van der Waals surface area contributed by atoms with Crippen LogP contribution in [0.4, 0.5) is 0 Å². The molecule has 2 aromatic carbocycles. The van der Waals surface area contributed by atoms with E-state index >= 15 is 0 Å². The van der Waals surface area contributed by atoms with Crippen molar-refractivity contribution < 1.29 is 9.90 Å². The van der Waals surface area contributed by atoms with Gasteiger partial charge in [0.15, 0.2) is 0 Å². The highest BCUT2D eigenvalue weighted by molar-refractivity contribution is 7.99. The van der Waals surface area contributed by atoms with Crippen molar-refractivity contribution in [2.24, 2.45) is 5.73 Å². The van der Waals surface area contributed by atoms with Gasteiger partial charge in [0.1, 0.15) is 6.04 Å². The van der Waals surface area contributed by atoms with Gasteiger partial charge >= 0.3 is 5.97 Å². The summed E-state index contributed by atoms with van der Waals surface area (Å²) in [7, 11) is 0. The zero-order valence-corrected chi connectivity index (χ0v) is 10.7. The standard InChI is InChI=1S/C14H15NO2S/c15-13(14(16)17)7-8-18-12-6-5-10-3-1-2-4-11(10)9-12/h1-6,9,13H,7-8,15H2,(H,16,17). The van der Waals surface area contributed by atoms with Crippen molar-refractivity contribution in [2.45, 2.75) is 17.4 Å². The predicted octanol–water partition coefficient (Wildman–Crippen LogP) is 2.73. The minimum Gasteiger partial charge on any atom is -0.480 e. The van der Waals surface area contributed by atoms with Gasteiger partial charge in [0, 0.05) is 10.6 Å². The van der Waals surface area contributed by atoms with E-state index in [1.165, 1.54) is 10.8 Å². The molecule has 0 aliphatic heterocycles. The zero-order chi connectivity index (χ0) is 13.0. The van der Waals surface area contributed by atoms with Crippen molar-refractivity contribution in [1.29, 1.82) is 0 Å². The van der Waals surface area contributed by atoms with Gasteiger partial charge in [-0.05, 0) is 29.3 Å². The van der Waals surface area contributed by atoms with Crippen LogP contribution in [0.25, 0.3) is 10.8 Å². The Balaban J connectivity index is 1.98. The number of carboxylic acids is 1. The maximum absolute atomic E-state index is 10.6. The Labute approximate surface area is 110 Å². The average molecular weight is 261 g/mol. The molecule has 0 fully saturated rings. The summed E-state index contributed by atoms with van der Waals surface area (Å²) in [6.07, 6.45) is 0.479. The summed E-state index contributed by atoms with van der Waals surface area (Å²) in [5, 5.41) is 11.1. The number of hydrogen-bond acceptors (Lipinski definition) is 3. The third-order valence-corrected chi connectivity index (χ3v) is 3.76. The van der Waals surface area contributed by atoms with Gasteiger partial charge in [-0.15, -0.1) is 11.8 Å². The van der Waals surface area contributed by atoms with Gasteiger partial charge in [0.05, 0.1) is 0 Å². The van der Waals surface area contributed by atoms with E-state index in [9.17, 15) is 4.79 Å². The first-order valence-corrected chi connectivity index (χ1v) is 6.75. The monoisotopic (exact) mass is 261 g/mol. The molecule has 0 aliphatic rings. The number of thioether (sulfide) groups is 1. The first-order valence-electron chi connectivity index (χ1n) is 5.77. The molecule has 0 spiro atoms. The summed E-state index contributed by atoms with van der Waals surface area (Å²) < 4.78 is 0. The van der Waals surface area contributed by atoms with E-state index in [1.54, 1.807) is 11.8 Å². The fraction of sp³-hybridized carbons (Fsp3) is 0.214. The molecule has 4 heteroatoms. The zero-order valence-electron chi connectivity index (χ0n) is 9.87. The third kappa shape index (κ3) is 3.24. The van der Waals surface area contributed by atoms with Gasteiger partial charge in [-0.2, -0.15) is 0 Å². The molecule has 2 aromatic rings. The van der Waals surface area contributed by atoms with Crippen molar-refractivity contribution >= 4 is 28.5 Å². The number of carboxylic acid groups (broad SMARTS) is 1. The molecule has 3 N–H and O–H groups in total. The Morgan fingerprint density at radius 2 is 1.94 bits per heavy atom. The van der Waals surface area contributed by atoms with Gasteiger partial charge in [0.2, 0.25) is 0 Å². The largest absolute Gasteiger partial charge is 0.480 e. The van der Waals surface area contributed by atoms with Gasteiger partial charge in [-0.25, -0.2) is 0 Å².